The van der Waals surface area contributed by atoms with Gasteiger partial charge in [-0.1, -0.05) is 27.2 Å². The maximum absolute atomic E-state index is 5.84. The molecule has 1 aromatic rings. The highest BCUT2D eigenvalue weighted by molar-refractivity contribution is 5.29. The van der Waals surface area contributed by atoms with Crippen LogP contribution in [0.4, 0.5) is 0 Å². The second kappa shape index (κ2) is 4.85. The second-order valence-corrected chi connectivity index (χ2v) is 6.14. The summed E-state index contributed by atoms with van der Waals surface area (Å²) in [4.78, 5) is 0. The number of aryl methyl sites for hydroxylation is 1. The lowest BCUT2D eigenvalue weighted by Gasteiger charge is -2.34. The quantitative estimate of drug-likeness (QED) is 0.798. The first-order chi connectivity index (χ1) is 8.02. The minimum atomic E-state index is 0.348. The fourth-order valence-corrected chi connectivity index (χ4v) is 2.82. The van der Waals surface area contributed by atoms with Crippen molar-refractivity contribution < 1.29 is 4.42 Å². The van der Waals surface area contributed by atoms with Crippen LogP contribution in [-0.4, -0.2) is 6.54 Å². The van der Waals surface area contributed by atoms with Gasteiger partial charge >= 0.3 is 0 Å². The lowest BCUT2D eigenvalue weighted by Crippen LogP contribution is -2.33. The molecule has 1 N–H and O–H groups in total. The molecule has 0 spiro atoms. The molecule has 0 saturated carbocycles. The van der Waals surface area contributed by atoms with E-state index in [-0.39, 0.29) is 0 Å². The van der Waals surface area contributed by atoms with Crippen LogP contribution >= 0.6 is 0 Å². The molecular weight excluding hydrogens is 210 g/mol. The Balaban J connectivity index is 2.14. The lowest BCUT2D eigenvalue weighted by atomic mass is 9.74. The van der Waals surface area contributed by atoms with Gasteiger partial charge in [0.05, 0.1) is 0 Å². The average molecular weight is 235 g/mol. The molecule has 17 heavy (non-hydrogen) atoms. The van der Waals surface area contributed by atoms with Gasteiger partial charge in [0, 0.05) is 18.0 Å². The molecule has 1 atom stereocenters. The standard InChI is InChI=1S/C15H25NO/c1-5-6-7-16-13-9-15(3,4)10-14-12(13)8-11(2)17-14/h8,13,16H,5-7,9-10H2,1-4H3. The van der Waals surface area contributed by atoms with Crippen molar-refractivity contribution in [1.29, 1.82) is 0 Å². The number of rotatable bonds is 4. The molecule has 1 unspecified atom stereocenters. The van der Waals surface area contributed by atoms with Crippen LogP contribution in [0.15, 0.2) is 10.5 Å². The summed E-state index contributed by atoms with van der Waals surface area (Å²) in [5.74, 6) is 2.25. The van der Waals surface area contributed by atoms with Crippen molar-refractivity contribution in [2.75, 3.05) is 6.54 Å². The molecule has 1 aliphatic carbocycles. The minimum Gasteiger partial charge on any atom is -0.466 e. The Morgan fingerprint density at radius 1 is 1.47 bits per heavy atom. The summed E-state index contributed by atoms with van der Waals surface area (Å²) in [7, 11) is 0. The summed E-state index contributed by atoms with van der Waals surface area (Å²) >= 11 is 0. The number of hydrogen-bond acceptors (Lipinski definition) is 2. The van der Waals surface area contributed by atoms with Crippen LogP contribution < -0.4 is 5.32 Å². The second-order valence-electron chi connectivity index (χ2n) is 6.14. The van der Waals surface area contributed by atoms with E-state index < -0.39 is 0 Å². The Hall–Kier alpha value is -0.760. The topological polar surface area (TPSA) is 25.2 Å². The lowest BCUT2D eigenvalue weighted by molar-refractivity contribution is 0.234. The molecule has 1 aliphatic rings. The van der Waals surface area contributed by atoms with Crippen molar-refractivity contribution in [1.82, 2.24) is 5.32 Å². The highest BCUT2D eigenvalue weighted by atomic mass is 16.3. The van der Waals surface area contributed by atoms with Crippen LogP contribution in [0.1, 0.15) is 63.2 Å². The van der Waals surface area contributed by atoms with Crippen molar-refractivity contribution in [3.8, 4) is 0 Å². The Morgan fingerprint density at radius 2 is 2.24 bits per heavy atom. The maximum atomic E-state index is 5.84. The van der Waals surface area contributed by atoms with E-state index in [1.165, 1.54) is 30.6 Å². The third-order valence-electron chi connectivity index (χ3n) is 3.66. The van der Waals surface area contributed by atoms with Gasteiger partial charge in [0.1, 0.15) is 11.5 Å². The van der Waals surface area contributed by atoms with Gasteiger partial charge in [0.2, 0.25) is 0 Å². The number of hydrogen-bond donors (Lipinski definition) is 1. The molecule has 0 radical (unpaired) electrons. The number of fused-ring (bicyclic) bond motifs is 1. The van der Waals surface area contributed by atoms with E-state index in [0.717, 1.165) is 18.7 Å². The fraction of sp³-hybridized carbons (Fsp3) is 0.733. The summed E-state index contributed by atoms with van der Waals surface area (Å²) < 4.78 is 5.84. The average Bonchev–Trinajstić information content (AvgIpc) is 2.57. The SMILES string of the molecule is CCCCNC1CC(C)(C)Cc2oc(C)cc21. The van der Waals surface area contributed by atoms with Gasteiger partial charge in [-0.25, -0.2) is 0 Å². The van der Waals surface area contributed by atoms with E-state index in [2.05, 4.69) is 39.1 Å². The Morgan fingerprint density at radius 3 is 2.94 bits per heavy atom. The zero-order chi connectivity index (χ0) is 12.5. The predicted octanol–water partition coefficient (Wildman–Crippen LogP) is 3.99. The van der Waals surface area contributed by atoms with Crippen molar-refractivity contribution in [3.63, 3.8) is 0 Å². The van der Waals surface area contributed by atoms with Crippen molar-refractivity contribution >= 4 is 0 Å². The number of unbranched alkanes of at least 4 members (excludes halogenated alkanes) is 1. The monoisotopic (exact) mass is 235 g/mol. The molecule has 96 valence electrons. The zero-order valence-corrected chi connectivity index (χ0v) is 11.6. The molecule has 1 aromatic heterocycles. The third kappa shape index (κ3) is 2.92. The minimum absolute atomic E-state index is 0.348. The summed E-state index contributed by atoms with van der Waals surface area (Å²) in [6.07, 6.45) is 4.79. The highest BCUT2D eigenvalue weighted by Crippen LogP contribution is 2.41. The van der Waals surface area contributed by atoms with Crippen LogP contribution in [0.25, 0.3) is 0 Å². The van der Waals surface area contributed by atoms with Gasteiger partial charge in [0.25, 0.3) is 0 Å². The van der Waals surface area contributed by atoms with Gasteiger partial charge in [0.15, 0.2) is 0 Å². The summed E-state index contributed by atoms with van der Waals surface area (Å²) in [6, 6.07) is 2.70. The molecule has 0 fully saturated rings. The van der Waals surface area contributed by atoms with E-state index in [1.54, 1.807) is 0 Å². The molecule has 0 aromatic carbocycles. The normalized spacial score (nSPS) is 22.5. The first kappa shape index (κ1) is 12.7. The first-order valence-corrected chi connectivity index (χ1v) is 6.84. The van der Waals surface area contributed by atoms with E-state index in [0.29, 0.717) is 11.5 Å². The van der Waals surface area contributed by atoms with Crippen LogP contribution in [0.5, 0.6) is 0 Å². The summed E-state index contributed by atoms with van der Waals surface area (Å²) in [5.41, 5.74) is 1.75. The van der Waals surface area contributed by atoms with Crippen LogP contribution in [0.3, 0.4) is 0 Å². The van der Waals surface area contributed by atoms with Gasteiger partial charge in [-0.2, -0.15) is 0 Å². The molecule has 0 aliphatic heterocycles. The maximum Gasteiger partial charge on any atom is 0.109 e. The van der Waals surface area contributed by atoms with Crippen molar-refractivity contribution in [2.45, 2.75) is 59.4 Å². The summed E-state index contributed by atoms with van der Waals surface area (Å²) in [6.45, 7) is 10.1. The van der Waals surface area contributed by atoms with E-state index in [4.69, 9.17) is 4.42 Å². The molecule has 2 heteroatoms. The largest absolute Gasteiger partial charge is 0.466 e. The Kier molecular flexibility index (Phi) is 3.62. The predicted molar refractivity (Wildman–Crippen MR) is 71.2 cm³/mol. The molecular formula is C15H25NO. The Bertz CT molecular complexity index is 378. The number of furan rings is 1. The molecule has 0 saturated heterocycles. The smallest absolute Gasteiger partial charge is 0.109 e. The molecule has 1 heterocycles. The third-order valence-corrected chi connectivity index (χ3v) is 3.66. The van der Waals surface area contributed by atoms with Gasteiger partial charge in [-0.15, -0.1) is 0 Å². The van der Waals surface area contributed by atoms with E-state index >= 15 is 0 Å². The molecule has 2 nitrogen and oxygen atoms in total. The van der Waals surface area contributed by atoms with Gasteiger partial charge < -0.3 is 9.73 Å². The van der Waals surface area contributed by atoms with Crippen molar-refractivity contribution in [2.24, 2.45) is 5.41 Å². The zero-order valence-electron chi connectivity index (χ0n) is 11.6. The summed E-state index contributed by atoms with van der Waals surface area (Å²) in [5, 5.41) is 3.69. The fourth-order valence-electron chi connectivity index (χ4n) is 2.82. The van der Waals surface area contributed by atoms with Crippen molar-refractivity contribution in [3.05, 3.63) is 23.2 Å². The number of nitrogens with one attached hydrogen (secondary N) is 1. The highest BCUT2D eigenvalue weighted by Gasteiger charge is 2.34. The van der Waals surface area contributed by atoms with Crippen LogP contribution in [0.2, 0.25) is 0 Å². The van der Waals surface area contributed by atoms with E-state index in [1.807, 2.05) is 0 Å². The van der Waals surface area contributed by atoms with Crippen LogP contribution in [-0.2, 0) is 6.42 Å². The van der Waals surface area contributed by atoms with Gasteiger partial charge in [-0.3, -0.25) is 0 Å². The van der Waals surface area contributed by atoms with Crippen LogP contribution in [0, 0.1) is 12.3 Å². The van der Waals surface area contributed by atoms with E-state index in [9.17, 15) is 0 Å². The Labute approximate surface area is 105 Å². The van der Waals surface area contributed by atoms with Gasteiger partial charge in [-0.05, 0) is 37.8 Å². The molecule has 2 rings (SSSR count). The first-order valence-electron chi connectivity index (χ1n) is 6.84. The molecule has 0 amide bonds. The molecule has 0 bridgehead atoms.